The highest BCUT2D eigenvalue weighted by Gasteiger charge is 2.22. The van der Waals surface area contributed by atoms with Crippen molar-refractivity contribution in [2.24, 2.45) is 5.92 Å². The van der Waals surface area contributed by atoms with Gasteiger partial charge in [0.05, 0.1) is 0 Å². The fourth-order valence-corrected chi connectivity index (χ4v) is 2.47. The fourth-order valence-electron chi connectivity index (χ4n) is 2.30. The van der Waals surface area contributed by atoms with Crippen molar-refractivity contribution >= 4 is 17.5 Å². The van der Waals surface area contributed by atoms with E-state index < -0.39 is 0 Å². The minimum atomic E-state index is -0.0176. The number of halogens is 1. The monoisotopic (exact) mass is 295 g/mol. The molecule has 0 bridgehead atoms. The maximum atomic E-state index is 12.3. The van der Waals surface area contributed by atoms with Crippen LogP contribution in [-0.4, -0.2) is 53.4 Å². The Morgan fingerprint density at radius 1 is 1.30 bits per heavy atom. The smallest absolute Gasteiger partial charge is 0.272 e. The van der Waals surface area contributed by atoms with Crippen LogP contribution in [0.1, 0.15) is 30.8 Å². The number of rotatable bonds is 4. The first-order valence-corrected chi connectivity index (χ1v) is 7.58. The Morgan fingerprint density at radius 2 is 2.00 bits per heavy atom. The summed E-state index contributed by atoms with van der Waals surface area (Å²) < 4.78 is 0. The molecule has 0 aromatic carbocycles. The number of piperazine rings is 1. The molecule has 2 rings (SSSR count). The molecule has 1 aliphatic heterocycles. The van der Waals surface area contributed by atoms with Crippen LogP contribution in [0.2, 0.25) is 5.15 Å². The predicted molar refractivity (Wildman–Crippen MR) is 81.0 cm³/mol. The lowest BCUT2D eigenvalue weighted by atomic mass is 10.1. The molecular formula is C15H22ClN3O. The van der Waals surface area contributed by atoms with Gasteiger partial charge in [-0.3, -0.25) is 9.69 Å². The van der Waals surface area contributed by atoms with Gasteiger partial charge in [-0.2, -0.15) is 0 Å². The third-order valence-corrected chi connectivity index (χ3v) is 3.83. The average Bonchev–Trinajstić information content (AvgIpc) is 2.45. The van der Waals surface area contributed by atoms with Crippen molar-refractivity contribution in [3.8, 4) is 0 Å². The summed E-state index contributed by atoms with van der Waals surface area (Å²) in [6.07, 6.45) is 1.21. The largest absolute Gasteiger partial charge is 0.335 e. The maximum absolute atomic E-state index is 12.3. The van der Waals surface area contributed by atoms with Crippen molar-refractivity contribution in [2.45, 2.75) is 20.3 Å². The normalized spacial score (nSPS) is 16.7. The lowest BCUT2D eigenvalue weighted by Crippen LogP contribution is -2.49. The zero-order valence-electron chi connectivity index (χ0n) is 12.2. The quantitative estimate of drug-likeness (QED) is 0.801. The van der Waals surface area contributed by atoms with Gasteiger partial charge in [-0.25, -0.2) is 4.98 Å². The van der Waals surface area contributed by atoms with Crippen molar-refractivity contribution in [1.82, 2.24) is 14.8 Å². The SMILES string of the molecule is CC(C)CCN1CCN(C(=O)c2cccc(Cl)n2)CC1. The number of carbonyl (C=O) groups is 1. The highest BCUT2D eigenvalue weighted by Crippen LogP contribution is 2.11. The molecule has 1 aromatic heterocycles. The molecule has 2 heterocycles. The molecule has 0 N–H and O–H groups in total. The number of amides is 1. The minimum absolute atomic E-state index is 0.0176. The zero-order chi connectivity index (χ0) is 14.5. The van der Waals surface area contributed by atoms with Gasteiger partial charge in [0.25, 0.3) is 5.91 Å². The van der Waals surface area contributed by atoms with Gasteiger partial charge in [-0.1, -0.05) is 31.5 Å². The van der Waals surface area contributed by atoms with E-state index in [-0.39, 0.29) is 5.91 Å². The molecule has 20 heavy (non-hydrogen) atoms. The van der Waals surface area contributed by atoms with Crippen LogP contribution >= 0.6 is 11.6 Å². The first-order chi connectivity index (χ1) is 9.56. The van der Waals surface area contributed by atoms with Gasteiger partial charge in [0.15, 0.2) is 0 Å². The lowest BCUT2D eigenvalue weighted by Gasteiger charge is -2.34. The van der Waals surface area contributed by atoms with Crippen molar-refractivity contribution in [2.75, 3.05) is 32.7 Å². The van der Waals surface area contributed by atoms with E-state index in [1.807, 2.05) is 4.90 Å². The molecule has 0 unspecified atom stereocenters. The van der Waals surface area contributed by atoms with Crippen LogP contribution in [0, 0.1) is 5.92 Å². The van der Waals surface area contributed by atoms with Gasteiger partial charge in [0, 0.05) is 26.2 Å². The Balaban J connectivity index is 1.86. The second kappa shape index (κ2) is 7.04. The highest BCUT2D eigenvalue weighted by atomic mass is 35.5. The van der Waals surface area contributed by atoms with Crippen LogP contribution in [0.15, 0.2) is 18.2 Å². The van der Waals surface area contributed by atoms with Crippen molar-refractivity contribution < 1.29 is 4.79 Å². The summed E-state index contributed by atoms with van der Waals surface area (Å²) in [5.41, 5.74) is 0.438. The Bertz CT molecular complexity index is 456. The molecule has 110 valence electrons. The Morgan fingerprint density at radius 3 is 2.60 bits per heavy atom. The lowest BCUT2D eigenvalue weighted by molar-refractivity contribution is 0.0626. The molecule has 0 spiro atoms. The van der Waals surface area contributed by atoms with Gasteiger partial charge in [-0.15, -0.1) is 0 Å². The zero-order valence-corrected chi connectivity index (χ0v) is 12.9. The Labute approximate surface area is 125 Å². The summed E-state index contributed by atoms with van der Waals surface area (Å²) in [5, 5.41) is 0.367. The van der Waals surface area contributed by atoms with Crippen LogP contribution in [0.3, 0.4) is 0 Å². The number of pyridine rings is 1. The van der Waals surface area contributed by atoms with E-state index in [4.69, 9.17) is 11.6 Å². The molecule has 1 aromatic rings. The molecule has 1 amide bonds. The summed E-state index contributed by atoms with van der Waals surface area (Å²) in [6, 6.07) is 5.17. The van der Waals surface area contributed by atoms with E-state index >= 15 is 0 Å². The van der Waals surface area contributed by atoms with Crippen molar-refractivity contribution in [3.05, 3.63) is 29.0 Å². The van der Waals surface area contributed by atoms with Crippen LogP contribution in [0.5, 0.6) is 0 Å². The molecular weight excluding hydrogens is 274 g/mol. The molecule has 0 radical (unpaired) electrons. The molecule has 0 atom stereocenters. The minimum Gasteiger partial charge on any atom is -0.335 e. The third kappa shape index (κ3) is 4.18. The van der Waals surface area contributed by atoms with Crippen LogP contribution in [0.25, 0.3) is 0 Å². The van der Waals surface area contributed by atoms with E-state index in [1.54, 1.807) is 18.2 Å². The molecule has 1 fully saturated rings. The number of nitrogens with zero attached hydrogens (tertiary/aromatic N) is 3. The maximum Gasteiger partial charge on any atom is 0.272 e. The van der Waals surface area contributed by atoms with E-state index in [0.29, 0.717) is 10.8 Å². The van der Waals surface area contributed by atoms with E-state index in [2.05, 4.69) is 23.7 Å². The summed E-state index contributed by atoms with van der Waals surface area (Å²) in [4.78, 5) is 20.7. The second-order valence-electron chi connectivity index (χ2n) is 5.66. The first-order valence-electron chi connectivity index (χ1n) is 7.20. The van der Waals surface area contributed by atoms with E-state index in [0.717, 1.165) is 38.6 Å². The van der Waals surface area contributed by atoms with Crippen molar-refractivity contribution in [1.29, 1.82) is 0 Å². The molecule has 0 aliphatic carbocycles. The van der Waals surface area contributed by atoms with Gasteiger partial charge >= 0.3 is 0 Å². The van der Waals surface area contributed by atoms with Gasteiger partial charge in [0.1, 0.15) is 10.8 Å². The predicted octanol–water partition coefficient (Wildman–Crippen LogP) is 2.54. The first kappa shape index (κ1) is 15.3. The summed E-state index contributed by atoms with van der Waals surface area (Å²) in [6.45, 7) is 9.03. The third-order valence-electron chi connectivity index (χ3n) is 3.62. The van der Waals surface area contributed by atoms with Gasteiger partial charge in [-0.05, 0) is 31.0 Å². The van der Waals surface area contributed by atoms with Crippen LogP contribution in [-0.2, 0) is 0 Å². The van der Waals surface area contributed by atoms with Crippen LogP contribution < -0.4 is 0 Å². The summed E-state index contributed by atoms with van der Waals surface area (Å²) in [7, 11) is 0. The molecule has 5 heteroatoms. The Hall–Kier alpha value is -1.13. The number of carbonyl (C=O) groups excluding carboxylic acids is 1. The number of hydrogen-bond acceptors (Lipinski definition) is 3. The van der Waals surface area contributed by atoms with Crippen LogP contribution in [0.4, 0.5) is 0 Å². The molecule has 0 saturated carbocycles. The molecule has 1 saturated heterocycles. The summed E-state index contributed by atoms with van der Waals surface area (Å²) >= 11 is 5.83. The number of aromatic nitrogens is 1. The molecule has 4 nitrogen and oxygen atoms in total. The second-order valence-corrected chi connectivity index (χ2v) is 6.05. The fraction of sp³-hybridized carbons (Fsp3) is 0.600. The van der Waals surface area contributed by atoms with Crippen molar-refractivity contribution in [3.63, 3.8) is 0 Å². The number of hydrogen-bond donors (Lipinski definition) is 0. The van der Waals surface area contributed by atoms with Gasteiger partial charge in [0.2, 0.25) is 0 Å². The highest BCUT2D eigenvalue weighted by molar-refractivity contribution is 6.29. The standard InChI is InChI=1S/C15H22ClN3O/c1-12(2)6-7-18-8-10-19(11-9-18)15(20)13-4-3-5-14(16)17-13/h3-5,12H,6-11H2,1-2H3. The topological polar surface area (TPSA) is 36.4 Å². The van der Waals surface area contributed by atoms with E-state index in [1.165, 1.54) is 6.42 Å². The average molecular weight is 296 g/mol. The summed E-state index contributed by atoms with van der Waals surface area (Å²) in [5.74, 6) is 0.710. The van der Waals surface area contributed by atoms with E-state index in [9.17, 15) is 4.79 Å². The van der Waals surface area contributed by atoms with Gasteiger partial charge < -0.3 is 4.90 Å². The molecule has 1 aliphatic rings. The Kier molecular flexibility index (Phi) is 5.38.